The van der Waals surface area contributed by atoms with Gasteiger partial charge in [0.2, 0.25) is 0 Å². The summed E-state index contributed by atoms with van der Waals surface area (Å²) in [4.78, 5) is 0. The molecule has 0 radical (unpaired) electrons. The molecule has 0 spiro atoms. The highest BCUT2D eigenvalue weighted by Crippen LogP contribution is 2.31. The van der Waals surface area contributed by atoms with Crippen molar-refractivity contribution >= 4 is 5.69 Å². The third-order valence-corrected chi connectivity index (χ3v) is 5.29. The first kappa shape index (κ1) is 22.0. The maximum atomic E-state index is 5.72. The molecule has 1 aromatic carbocycles. The fourth-order valence-electron chi connectivity index (χ4n) is 3.39. The van der Waals surface area contributed by atoms with Crippen LogP contribution in [0.2, 0.25) is 0 Å². The highest BCUT2D eigenvalue weighted by molar-refractivity contribution is 5.42. The molecule has 3 nitrogen and oxygen atoms in total. The van der Waals surface area contributed by atoms with Crippen molar-refractivity contribution in [2.45, 2.75) is 77.4 Å². The van der Waals surface area contributed by atoms with Crippen LogP contribution >= 0.6 is 0 Å². The van der Waals surface area contributed by atoms with E-state index in [0.29, 0.717) is 5.92 Å². The van der Waals surface area contributed by atoms with Gasteiger partial charge in [-0.3, -0.25) is 0 Å². The van der Waals surface area contributed by atoms with E-state index in [-0.39, 0.29) is 0 Å². The lowest BCUT2D eigenvalue weighted by Crippen LogP contribution is -2.39. The molecule has 1 aromatic rings. The van der Waals surface area contributed by atoms with E-state index in [4.69, 9.17) is 9.47 Å². The lowest BCUT2D eigenvalue weighted by atomic mass is 9.88. The summed E-state index contributed by atoms with van der Waals surface area (Å²) in [6.45, 7) is 5.34. The zero-order valence-electron chi connectivity index (χ0n) is 16.9. The standard InChI is InChI=1S/C22H39NO2/c1-5-6-7-8-9-11-15-20(22(2,24-3)25-4)16-14-19-23-21-17-12-10-13-18-21/h10,12-13,17-18,20,23H,5-9,11,14-16,19H2,1-4H3. The van der Waals surface area contributed by atoms with E-state index in [2.05, 4.69) is 43.4 Å². The van der Waals surface area contributed by atoms with Crippen LogP contribution in [0.3, 0.4) is 0 Å². The van der Waals surface area contributed by atoms with Crippen molar-refractivity contribution in [2.24, 2.45) is 5.92 Å². The Bertz CT molecular complexity index is 417. The number of benzene rings is 1. The van der Waals surface area contributed by atoms with E-state index >= 15 is 0 Å². The second kappa shape index (κ2) is 13.2. The molecular weight excluding hydrogens is 310 g/mol. The monoisotopic (exact) mass is 349 g/mol. The molecule has 1 rings (SSSR count). The molecule has 0 aliphatic carbocycles. The van der Waals surface area contributed by atoms with Crippen molar-refractivity contribution in [1.82, 2.24) is 0 Å². The molecular formula is C22H39NO2. The van der Waals surface area contributed by atoms with Crippen molar-refractivity contribution in [1.29, 1.82) is 0 Å². The van der Waals surface area contributed by atoms with Gasteiger partial charge >= 0.3 is 0 Å². The van der Waals surface area contributed by atoms with Gasteiger partial charge in [-0.25, -0.2) is 0 Å². The Morgan fingerprint density at radius 1 is 0.880 bits per heavy atom. The summed E-state index contributed by atoms with van der Waals surface area (Å²) in [5.74, 6) is -0.0397. The number of unbranched alkanes of at least 4 members (excludes halogenated alkanes) is 5. The van der Waals surface area contributed by atoms with Gasteiger partial charge in [0.15, 0.2) is 5.79 Å². The summed E-state index contributed by atoms with van der Waals surface area (Å²) in [6, 6.07) is 10.4. The van der Waals surface area contributed by atoms with E-state index in [0.717, 1.165) is 19.4 Å². The van der Waals surface area contributed by atoms with Gasteiger partial charge in [-0.15, -0.1) is 0 Å². The molecule has 0 aliphatic heterocycles. The number of hydrogen-bond donors (Lipinski definition) is 1. The zero-order valence-corrected chi connectivity index (χ0v) is 16.9. The lowest BCUT2D eigenvalue weighted by molar-refractivity contribution is -0.230. The molecule has 0 fully saturated rings. The van der Waals surface area contributed by atoms with Crippen molar-refractivity contribution in [2.75, 3.05) is 26.1 Å². The smallest absolute Gasteiger partial charge is 0.167 e. The van der Waals surface area contributed by atoms with E-state index in [1.807, 2.05) is 6.07 Å². The molecule has 1 N–H and O–H groups in total. The number of rotatable bonds is 15. The van der Waals surface area contributed by atoms with Gasteiger partial charge in [0.25, 0.3) is 0 Å². The molecule has 144 valence electrons. The number of ether oxygens (including phenoxy) is 2. The number of anilines is 1. The number of para-hydroxylation sites is 1. The average Bonchev–Trinajstić information content (AvgIpc) is 2.66. The minimum Gasteiger partial charge on any atom is -0.385 e. The SMILES string of the molecule is CCCCCCCCC(CCCNc1ccccc1)C(C)(OC)OC. The van der Waals surface area contributed by atoms with E-state index in [9.17, 15) is 0 Å². The average molecular weight is 350 g/mol. The topological polar surface area (TPSA) is 30.5 Å². The molecule has 0 bridgehead atoms. The number of hydrogen-bond acceptors (Lipinski definition) is 3. The van der Waals surface area contributed by atoms with Gasteiger partial charge in [0.05, 0.1) is 0 Å². The molecule has 3 heteroatoms. The first-order valence-electron chi connectivity index (χ1n) is 10.1. The van der Waals surface area contributed by atoms with E-state index < -0.39 is 5.79 Å². The summed E-state index contributed by atoms with van der Waals surface area (Å²) in [5, 5.41) is 3.50. The second-order valence-electron chi connectivity index (χ2n) is 7.11. The fraction of sp³-hybridized carbons (Fsp3) is 0.727. The summed E-state index contributed by atoms with van der Waals surface area (Å²) in [6.07, 6.45) is 11.4. The van der Waals surface area contributed by atoms with Crippen molar-refractivity contribution < 1.29 is 9.47 Å². The van der Waals surface area contributed by atoms with Crippen LogP contribution in [0.4, 0.5) is 5.69 Å². The highest BCUT2D eigenvalue weighted by atomic mass is 16.7. The Morgan fingerprint density at radius 3 is 2.12 bits per heavy atom. The van der Waals surface area contributed by atoms with Crippen LogP contribution in [-0.2, 0) is 9.47 Å². The Labute approximate surface area is 155 Å². The van der Waals surface area contributed by atoms with Gasteiger partial charge in [-0.2, -0.15) is 0 Å². The number of methoxy groups -OCH3 is 2. The van der Waals surface area contributed by atoms with E-state index in [1.54, 1.807) is 14.2 Å². The summed E-state index contributed by atoms with van der Waals surface area (Å²) < 4.78 is 11.4. The normalized spacial score (nSPS) is 13.0. The fourth-order valence-corrected chi connectivity index (χ4v) is 3.39. The van der Waals surface area contributed by atoms with Crippen LogP contribution in [-0.4, -0.2) is 26.6 Å². The number of nitrogens with one attached hydrogen (secondary N) is 1. The predicted octanol–water partition coefficient (Wildman–Crippen LogP) is 6.25. The summed E-state index contributed by atoms with van der Waals surface area (Å²) >= 11 is 0. The third-order valence-electron chi connectivity index (χ3n) is 5.29. The van der Waals surface area contributed by atoms with Gasteiger partial charge in [-0.05, 0) is 38.3 Å². The van der Waals surface area contributed by atoms with E-state index in [1.165, 1.54) is 50.6 Å². The van der Waals surface area contributed by atoms with Gasteiger partial charge < -0.3 is 14.8 Å². The van der Waals surface area contributed by atoms with Crippen LogP contribution in [0.15, 0.2) is 30.3 Å². The second-order valence-corrected chi connectivity index (χ2v) is 7.11. The minimum absolute atomic E-state index is 0.436. The molecule has 0 aromatic heterocycles. The minimum atomic E-state index is -0.476. The molecule has 1 unspecified atom stereocenters. The van der Waals surface area contributed by atoms with Crippen LogP contribution in [0, 0.1) is 5.92 Å². The molecule has 25 heavy (non-hydrogen) atoms. The first-order chi connectivity index (χ1) is 12.2. The first-order valence-corrected chi connectivity index (χ1v) is 10.1. The largest absolute Gasteiger partial charge is 0.385 e. The molecule has 0 saturated carbocycles. The van der Waals surface area contributed by atoms with Crippen molar-refractivity contribution in [3.8, 4) is 0 Å². The Hall–Kier alpha value is -1.06. The summed E-state index contributed by atoms with van der Waals surface area (Å²) in [5.41, 5.74) is 1.19. The zero-order chi connectivity index (χ0) is 18.4. The third kappa shape index (κ3) is 8.73. The lowest BCUT2D eigenvalue weighted by Gasteiger charge is -2.35. The Kier molecular flexibility index (Phi) is 11.6. The molecule has 0 saturated heterocycles. The van der Waals surface area contributed by atoms with Gasteiger partial charge in [-0.1, -0.05) is 63.6 Å². The molecule has 0 aliphatic rings. The quantitative estimate of drug-likeness (QED) is 0.300. The van der Waals surface area contributed by atoms with Crippen LogP contribution in [0.1, 0.15) is 71.6 Å². The van der Waals surface area contributed by atoms with Gasteiger partial charge in [0, 0.05) is 32.4 Å². The van der Waals surface area contributed by atoms with Crippen LogP contribution in [0.5, 0.6) is 0 Å². The molecule has 0 amide bonds. The van der Waals surface area contributed by atoms with Gasteiger partial charge in [0.1, 0.15) is 0 Å². The molecule has 1 atom stereocenters. The Balaban J connectivity index is 2.37. The maximum absolute atomic E-state index is 5.72. The molecule has 0 heterocycles. The maximum Gasteiger partial charge on any atom is 0.167 e. The van der Waals surface area contributed by atoms with Crippen LogP contribution < -0.4 is 5.32 Å². The van der Waals surface area contributed by atoms with Crippen molar-refractivity contribution in [3.05, 3.63) is 30.3 Å². The summed E-state index contributed by atoms with van der Waals surface area (Å²) in [7, 11) is 3.53. The van der Waals surface area contributed by atoms with Crippen LogP contribution in [0.25, 0.3) is 0 Å². The predicted molar refractivity (Wildman–Crippen MR) is 108 cm³/mol. The van der Waals surface area contributed by atoms with Crippen molar-refractivity contribution in [3.63, 3.8) is 0 Å². The Morgan fingerprint density at radius 2 is 1.48 bits per heavy atom. The highest BCUT2D eigenvalue weighted by Gasteiger charge is 2.33.